The van der Waals surface area contributed by atoms with Gasteiger partial charge in [-0.1, -0.05) is 0 Å². The summed E-state index contributed by atoms with van der Waals surface area (Å²) < 4.78 is 5.26. The van der Waals surface area contributed by atoms with E-state index in [0.29, 0.717) is 13.0 Å². The third-order valence-electron chi connectivity index (χ3n) is 2.32. The summed E-state index contributed by atoms with van der Waals surface area (Å²) in [7, 11) is 1.83. The van der Waals surface area contributed by atoms with Gasteiger partial charge in [0.2, 0.25) is 5.91 Å². The second kappa shape index (κ2) is 5.19. The average molecular weight is 186 g/mol. The maximum Gasteiger partial charge on any atom is 0.223 e. The highest BCUT2D eigenvalue weighted by Gasteiger charge is 2.18. The molecule has 1 rings (SSSR count). The number of amides is 1. The van der Waals surface area contributed by atoms with E-state index < -0.39 is 0 Å². The Morgan fingerprint density at radius 2 is 2.46 bits per heavy atom. The number of carbonyl (C=O) groups excluding carboxylic acids is 1. The van der Waals surface area contributed by atoms with Gasteiger partial charge in [0, 0.05) is 32.6 Å². The molecule has 1 atom stereocenters. The van der Waals surface area contributed by atoms with Gasteiger partial charge >= 0.3 is 0 Å². The van der Waals surface area contributed by atoms with E-state index in [4.69, 9.17) is 4.74 Å². The largest absolute Gasteiger partial charge is 0.378 e. The number of ether oxygens (including phenoxy) is 1. The number of nitrogens with one attached hydrogen (secondary N) is 1. The second-order valence-corrected chi connectivity index (χ2v) is 3.34. The number of hydrogen-bond donors (Lipinski definition) is 1. The predicted molar refractivity (Wildman–Crippen MR) is 50.5 cm³/mol. The van der Waals surface area contributed by atoms with Gasteiger partial charge in [0.1, 0.15) is 0 Å². The Hall–Kier alpha value is -0.610. The molecule has 4 nitrogen and oxygen atoms in total. The van der Waals surface area contributed by atoms with Crippen LogP contribution in [0.25, 0.3) is 0 Å². The van der Waals surface area contributed by atoms with Crippen molar-refractivity contribution in [2.24, 2.45) is 0 Å². The zero-order valence-corrected chi connectivity index (χ0v) is 8.38. The fraction of sp³-hybridized carbons (Fsp3) is 0.889. The van der Waals surface area contributed by atoms with Crippen LogP contribution in [0.1, 0.15) is 13.3 Å². The molecule has 0 aromatic rings. The predicted octanol–water partition coefficient (Wildman–Crippen LogP) is -0.157. The Morgan fingerprint density at radius 1 is 1.69 bits per heavy atom. The van der Waals surface area contributed by atoms with Gasteiger partial charge in [-0.15, -0.1) is 0 Å². The molecule has 1 unspecified atom stereocenters. The molecule has 13 heavy (non-hydrogen) atoms. The monoisotopic (exact) mass is 186 g/mol. The molecular formula is C9H18N2O2. The van der Waals surface area contributed by atoms with E-state index in [9.17, 15) is 4.79 Å². The number of nitrogens with zero attached hydrogens (tertiary/aromatic N) is 1. The molecule has 0 aromatic heterocycles. The van der Waals surface area contributed by atoms with Crippen LogP contribution in [0.4, 0.5) is 0 Å². The first-order valence-electron chi connectivity index (χ1n) is 4.79. The van der Waals surface area contributed by atoms with Crippen LogP contribution in [0.3, 0.4) is 0 Å². The van der Waals surface area contributed by atoms with Crippen molar-refractivity contribution < 1.29 is 9.53 Å². The topological polar surface area (TPSA) is 41.6 Å². The lowest BCUT2D eigenvalue weighted by molar-refractivity contribution is -0.130. The quantitative estimate of drug-likeness (QED) is 0.666. The molecule has 1 aliphatic heterocycles. The van der Waals surface area contributed by atoms with Gasteiger partial charge in [-0.3, -0.25) is 4.79 Å². The third kappa shape index (κ3) is 3.32. The molecule has 0 radical (unpaired) electrons. The van der Waals surface area contributed by atoms with Crippen LogP contribution >= 0.6 is 0 Å². The molecule has 76 valence electrons. The van der Waals surface area contributed by atoms with E-state index in [1.165, 1.54) is 0 Å². The Labute approximate surface area is 79.2 Å². The van der Waals surface area contributed by atoms with Crippen LogP contribution in [0.15, 0.2) is 0 Å². The highest BCUT2D eigenvalue weighted by atomic mass is 16.5. The summed E-state index contributed by atoms with van der Waals surface area (Å²) in [4.78, 5) is 13.2. The van der Waals surface area contributed by atoms with Gasteiger partial charge in [0.25, 0.3) is 0 Å². The Morgan fingerprint density at radius 3 is 3.00 bits per heavy atom. The summed E-state index contributed by atoms with van der Waals surface area (Å²) in [6, 6.07) is 0.204. The fourth-order valence-corrected chi connectivity index (χ4v) is 1.29. The minimum absolute atomic E-state index is 0.186. The van der Waals surface area contributed by atoms with Crippen molar-refractivity contribution in [1.82, 2.24) is 10.2 Å². The molecule has 0 aromatic carbocycles. The first-order chi connectivity index (χ1) is 6.24. The molecule has 1 amide bonds. The van der Waals surface area contributed by atoms with Crippen molar-refractivity contribution in [3.63, 3.8) is 0 Å². The first-order valence-corrected chi connectivity index (χ1v) is 4.79. The number of rotatable bonds is 3. The number of hydrogen-bond acceptors (Lipinski definition) is 3. The molecule has 1 N–H and O–H groups in total. The fourth-order valence-electron chi connectivity index (χ4n) is 1.29. The molecule has 1 fully saturated rings. The van der Waals surface area contributed by atoms with E-state index >= 15 is 0 Å². The van der Waals surface area contributed by atoms with Crippen LogP contribution in [-0.2, 0) is 9.53 Å². The molecule has 4 heteroatoms. The van der Waals surface area contributed by atoms with Crippen LogP contribution < -0.4 is 5.32 Å². The summed E-state index contributed by atoms with van der Waals surface area (Å²) >= 11 is 0. The Balaban J connectivity index is 2.26. The smallest absolute Gasteiger partial charge is 0.223 e. The highest BCUT2D eigenvalue weighted by Crippen LogP contribution is 2.01. The zero-order chi connectivity index (χ0) is 9.68. The minimum atomic E-state index is 0.186. The molecule has 0 spiro atoms. The third-order valence-corrected chi connectivity index (χ3v) is 2.32. The lowest BCUT2D eigenvalue weighted by Crippen LogP contribution is -2.44. The van der Waals surface area contributed by atoms with Gasteiger partial charge in [0.15, 0.2) is 0 Å². The van der Waals surface area contributed by atoms with Crippen molar-refractivity contribution in [1.29, 1.82) is 0 Å². The molecule has 1 saturated heterocycles. The van der Waals surface area contributed by atoms with Gasteiger partial charge < -0.3 is 15.0 Å². The lowest BCUT2D eigenvalue weighted by atomic mass is 10.2. The van der Waals surface area contributed by atoms with Crippen molar-refractivity contribution in [3.8, 4) is 0 Å². The standard InChI is InChI=1S/C9H18N2O2/c1-3-11(2)9(12)6-8-7-13-5-4-10-8/h8,10H,3-7H2,1-2H3. The molecule has 0 saturated carbocycles. The van der Waals surface area contributed by atoms with E-state index in [1.807, 2.05) is 14.0 Å². The van der Waals surface area contributed by atoms with Gasteiger partial charge in [0.05, 0.1) is 13.2 Å². The molecule has 0 aliphatic carbocycles. The molecule has 1 heterocycles. The Kier molecular flexibility index (Phi) is 4.18. The maximum atomic E-state index is 11.5. The summed E-state index contributed by atoms with van der Waals surface area (Å²) in [6.45, 7) is 5.01. The summed E-state index contributed by atoms with van der Waals surface area (Å²) in [5, 5.41) is 3.26. The van der Waals surface area contributed by atoms with Crippen molar-refractivity contribution >= 4 is 5.91 Å². The normalized spacial score (nSPS) is 22.8. The van der Waals surface area contributed by atoms with Crippen molar-refractivity contribution in [2.45, 2.75) is 19.4 Å². The first kappa shape index (κ1) is 10.5. The van der Waals surface area contributed by atoms with Crippen molar-refractivity contribution in [3.05, 3.63) is 0 Å². The molecule has 0 bridgehead atoms. The highest BCUT2D eigenvalue weighted by molar-refractivity contribution is 5.76. The van der Waals surface area contributed by atoms with Gasteiger partial charge in [-0.05, 0) is 6.92 Å². The number of carbonyl (C=O) groups is 1. The summed E-state index contributed by atoms with van der Waals surface area (Å²) in [5.41, 5.74) is 0. The van der Waals surface area contributed by atoms with Crippen LogP contribution in [0, 0.1) is 0 Å². The van der Waals surface area contributed by atoms with E-state index in [0.717, 1.165) is 19.7 Å². The number of morpholine rings is 1. The molecule has 1 aliphatic rings. The van der Waals surface area contributed by atoms with E-state index in [2.05, 4.69) is 5.32 Å². The molecular weight excluding hydrogens is 168 g/mol. The van der Waals surface area contributed by atoms with Gasteiger partial charge in [-0.25, -0.2) is 0 Å². The van der Waals surface area contributed by atoms with Crippen molar-refractivity contribution in [2.75, 3.05) is 33.4 Å². The summed E-state index contributed by atoms with van der Waals surface area (Å²) in [5.74, 6) is 0.186. The maximum absolute atomic E-state index is 11.5. The van der Waals surface area contributed by atoms with Crippen LogP contribution in [-0.4, -0.2) is 50.2 Å². The SMILES string of the molecule is CCN(C)C(=O)CC1COCCN1. The van der Waals surface area contributed by atoms with Crippen LogP contribution in [0.5, 0.6) is 0 Å². The van der Waals surface area contributed by atoms with Crippen LogP contribution in [0.2, 0.25) is 0 Å². The summed E-state index contributed by atoms with van der Waals surface area (Å²) in [6.07, 6.45) is 0.546. The average Bonchev–Trinajstić information content (AvgIpc) is 2.18. The lowest BCUT2D eigenvalue weighted by Gasteiger charge is -2.25. The van der Waals surface area contributed by atoms with E-state index in [1.54, 1.807) is 4.90 Å². The van der Waals surface area contributed by atoms with Gasteiger partial charge in [-0.2, -0.15) is 0 Å². The Bertz CT molecular complexity index is 167. The zero-order valence-electron chi connectivity index (χ0n) is 8.38. The van der Waals surface area contributed by atoms with E-state index in [-0.39, 0.29) is 11.9 Å². The second-order valence-electron chi connectivity index (χ2n) is 3.34. The minimum Gasteiger partial charge on any atom is -0.378 e.